The summed E-state index contributed by atoms with van der Waals surface area (Å²) in [5.41, 5.74) is 0.316. The van der Waals surface area contributed by atoms with Gasteiger partial charge in [-0.2, -0.15) is 11.3 Å². The summed E-state index contributed by atoms with van der Waals surface area (Å²) in [7, 11) is -4.57. The molecule has 0 aromatic carbocycles. The van der Waals surface area contributed by atoms with Crippen LogP contribution in [0.4, 0.5) is 0 Å². The van der Waals surface area contributed by atoms with Crippen LogP contribution in [0.3, 0.4) is 0 Å². The molecule has 142 valence electrons. The molecular weight excluding hydrogens is 403 g/mol. The fourth-order valence-electron chi connectivity index (χ4n) is 3.36. The number of carbonyl (C=O) groups excluding carboxylic acids is 2. The highest BCUT2D eigenvalue weighted by Gasteiger charge is 2.66. The van der Waals surface area contributed by atoms with E-state index in [1.165, 1.54) is 29.2 Å². The second kappa shape index (κ2) is 6.35. The molecule has 26 heavy (non-hydrogen) atoms. The number of aliphatic carboxylic acids is 1. The van der Waals surface area contributed by atoms with E-state index in [9.17, 15) is 33.8 Å². The lowest BCUT2D eigenvalue weighted by Gasteiger charge is -2.44. The molecule has 12 heteroatoms. The van der Waals surface area contributed by atoms with Crippen molar-refractivity contribution in [2.45, 2.75) is 41.7 Å². The van der Waals surface area contributed by atoms with Gasteiger partial charge in [0, 0.05) is 4.75 Å². The van der Waals surface area contributed by atoms with E-state index in [4.69, 9.17) is 0 Å². The molecule has 0 radical (unpaired) electrons. The molecule has 0 bridgehead atoms. The van der Waals surface area contributed by atoms with Gasteiger partial charge in [-0.15, -0.1) is 11.8 Å². The Labute approximate surface area is 156 Å². The average Bonchev–Trinajstić information content (AvgIpc) is 3.08. The quantitative estimate of drug-likeness (QED) is 0.308. The summed E-state index contributed by atoms with van der Waals surface area (Å²) >= 11 is 2.43. The molecule has 2 amide bonds. The minimum absolute atomic E-state index is 0.316. The predicted molar refractivity (Wildman–Crippen MR) is 94.8 cm³/mol. The second-order valence-corrected chi connectivity index (χ2v) is 10.9. The number of hydrogen-bond acceptors (Lipinski definition) is 6. The predicted octanol–water partition coefficient (Wildman–Crippen LogP) is 0.599. The lowest BCUT2D eigenvalue weighted by atomic mass is 9.99. The summed E-state index contributed by atoms with van der Waals surface area (Å²) in [6.45, 7) is 3.24. The smallest absolute Gasteiger partial charge is 0.349 e. The number of carbonyl (C=O) groups is 3. The Morgan fingerprint density at radius 1 is 1.38 bits per heavy atom. The van der Waals surface area contributed by atoms with Gasteiger partial charge < -0.3 is 25.1 Å². The molecule has 2 aliphatic heterocycles. The van der Waals surface area contributed by atoms with E-state index in [0.29, 0.717) is 5.56 Å². The summed E-state index contributed by atoms with van der Waals surface area (Å²) < 4.78 is 10.9. The lowest BCUT2D eigenvalue weighted by molar-refractivity contribution is -0.152. The van der Waals surface area contributed by atoms with Gasteiger partial charge in [-0.25, -0.2) is 0 Å². The molecule has 3 unspecified atom stereocenters. The fourth-order valence-corrected chi connectivity index (χ4v) is 7.64. The standard InChI is InChI=1S/C14H17N2O7PS2/c1-14(2)13(24(21,22)23)16-10(18)8(11(16)26-14)15-9(17)7(12(19)20)6-3-4-25-5-6/h3-5,7-8,11,13H,1-2H3,(H,15,17)(H,19,20)(H2,21,22,23)/t7?,8?,11-,13?/m0/s1. The van der Waals surface area contributed by atoms with Crippen LogP contribution in [0.15, 0.2) is 16.8 Å². The van der Waals surface area contributed by atoms with Crippen molar-refractivity contribution >= 4 is 48.5 Å². The van der Waals surface area contributed by atoms with Crippen LogP contribution in [0.25, 0.3) is 0 Å². The van der Waals surface area contributed by atoms with Gasteiger partial charge in [-0.05, 0) is 36.2 Å². The van der Waals surface area contributed by atoms with Gasteiger partial charge in [-0.1, -0.05) is 0 Å². The second-order valence-electron chi connectivity index (χ2n) is 6.63. The Morgan fingerprint density at radius 2 is 2.04 bits per heavy atom. The molecule has 2 fully saturated rings. The molecule has 0 aliphatic carbocycles. The van der Waals surface area contributed by atoms with Crippen molar-refractivity contribution in [1.29, 1.82) is 0 Å². The molecule has 4 atom stereocenters. The Kier molecular flexibility index (Phi) is 4.73. The van der Waals surface area contributed by atoms with Crippen molar-refractivity contribution in [3.63, 3.8) is 0 Å². The molecule has 3 rings (SSSR count). The van der Waals surface area contributed by atoms with E-state index < -0.39 is 53.2 Å². The molecule has 1 aromatic heterocycles. The Hall–Kier alpha value is -1.39. The van der Waals surface area contributed by atoms with E-state index in [1.54, 1.807) is 24.6 Å². The zero-order valence-corrected chi connectivity index (χ0v) is 16.3. The summed E-state index contributed by atoms with van der Waals surface area (Å²) in [5, 5.41) is 14.3. The summed E-state index contributed by atoms with van der Waals surface area (Å²) in [4.78, 5) is 56.6. The monoisotopic (exact) mass is 420 g/mol. The van der Waals surface area contributed by atoms with Crippen molar-refractivity contribution in [3.8, 4) is 0 Å². The first kappa shape index (κ1) is 19.4. The summed E-state index contributed by atoms with van der Waals surface area (Å²) in [5.74, 6) is -5.51. The number of nitrogens with zero attached hydrogens (tertiary/aromatic N) is 1. The van der Waals surface area contributed by atoms with Gasteiger partial charge in [-0.3, -0.25) is 18.9 Å². The third kappa shape index (κ3) is 3.07. The zero-order valence-electron chi connectivity index (χ0n) is 13.7. The minimum atomic E-state index is -4.57. The molecule has 0 saturated carbocycles. The minimum Gasteiger partial charge on any atom is -0.480 e. The Morgan fingerprint density at radius 3 is 2.54 bits per heavy atom. The first-order valence-corrected chi connectivity index (χ1v) is 11.1. The first-order chi connectivity index (χ1) is 11.9. The van der Waals surface area contributed by atoms with E-state index in [-0.39, 0.29) is 0 Å². The molecule has 1 aromatic rings. The number of thiophene rings is 1. The van der Waals surface area contributed by atoms with Crippen LogP contribution in [-0.4, -0.2) is 59.5 Å². The van der Waals surface area contributed by atoms with Gasteiger partial charge in [0.1, 0.15) is 17.2 Å². The molecular formula is C14H17N2O7PS2. The topological polar surface area (TPSA) is 144 Å². The zero-order chi connectivity index (χ0) is 19.4. The van der Waals surface area contributed by atoms with E-state index in [2.05, 4.69) is 5.32 Å². The summed E-state index contributed by atoms with van der Waals surface area (Å²) in [6.07, 6.45) is 0. The van der Waals surface area contributed by atoms with Crippen molar-refractivity contribution in [2.75, 3.05) is 0 Å². The van der Waals surface area contributed by atoms with Crippen LogP contribution < -0.4 is 5.32 Å². The van der Waals surface area contributed by atoms with E-state index in [0.717, 1.165) is 4.90 Å². The number of amides is 2. The number of fused-ring (bicyclic) bond motifs is 1. The van der Waals surface area contributed by atoms with E-state index >= 15 is 0 Å². The molecule has 0 spiro atoms. The highest BCUT2D eigenvalue weighted by molar-refractivity contribution is 8.02. The number of thioether (sulfide) groups is 1. The van der Waals surface area contributed by atoms with Crippen molar-refractivity contribution in [1.82, 2.24) is 10.2 Å². The van der Waals surface area contributed by atoms with E-state index in [1.807, 2.05) is 0 Å². The van der Waals surface area contributed by atoms with Crippen molar-refractivity contribution in [3.05, 3.63) is 22.4 Å². The van der Waals surface area contributed by atoms with Crippen LogP contribution in [0.2, 0.25) is 0 Å². The van der Waals surface area contributed by atoms with Crippen LogP contribution in [-0.2, 0) is 18.9 Å². The van der Waals surface area contributed by atoms with Gasteiger partial charge >= 0.3 is 13.6 Å². The largest absolute Gasteiger partial charge is 0.480 e. The van der Waals surface area contributed by atoms with Crippen LogP contribution in [0, 0.1) is 0 Å². The number of β-lactam (4-membered cyclic amide) rings is 1. The maximum absolute atomic E-state index is 12.4. The van der Waals surface area contributed by atoms with Crippen LogP contribution >= 0.6 is 30.7 Å². The third-order valence-corrected chi connectivity index (χ3v) is 8.37. The molecule has 4 N–H and O–H groups in total. The SMILES string of the molecule is CC1(C)S[C@H]2C(NC(=O)C(C(=O)O)c3ccsc3)C(=O)N2C1P(=O)(O)O. The Bertz CT molecular complexity index is 806. The van der Waals surface area contributed by atoms with Crippen molar-refractivity contribution < 1.29 is 33.8 Å². The number of nitrogens with one attached hydrogen (secondary N) is 1. The van der Waals surface area contributed by atoms with Crippen LogP contribution in [0.5, 0.6) is 0 Å². The van der Waals surface area contributed by atoms with Gasteiger partial charge in [0.25, 0.3) is 0 Å². The number of hydrogen-bond donors (Lipinski definition) is 4. The molecule has 9 nitrogen and oxygen atoms in total. The van der Waals surface area contributed by atoms with Crippen molar-refractivity contribution in [2.24, 2.45) is 0 Å². The number of carboxylic acid groups (broad SMARTS) is 1. The number of rotatable bonds is 5. The fraction of sp³-hybridized carbons (Fsp3) is 0.500. The highest BCUT2D eigenvalue weighted by Crippen LogP contribution is 2.62. The third-order valence-electron chi connectivity index (χ3n) is 4.39. The van der Waals surface area contributed by atoms with Crippen LogP contribution in [0.1, 0.15) is 25.3 Å². The first-order valence-electron chi connectivity index (χ1n) is 7.55. The normalized spacial score (nSPS) is 28.2. The van der Waals surface area contributed by atoms with Gasteiger partial charge in [0.05, 0.1) is 0 Å². The Balaban J connectivity index is 1.79. The summed E-state index contributed by atoms with van der Waals surface area (Å²) in [6, 6.07) is 0.513. The molecule has 3 heterocycles. The average molecular weight is 420 g/mol. The maximum atomic E-state index is 12.4. The molecule has 2 aliphatic rings. The highest BCUT2D eigenvalue weighted by atomic mass is 32.2. The lowest BCUT2D eigenvalue weighted by Crippen LogP contribution is -2.69. The molecule has 2 saturated heterocycles. The van der Waals surface area contributed by atoms with Gasteiger partial charge in [0.15, 0.2) is 5.92 Å². The number of carboxylic acids is 1. The maximum Gasteiger partial charge on any atom is 0.349 e. The van der Waals surface area contributed by atoms with Gasteiger partial charge in [0.2, 0.25) is 11.8 Å².